The summed E-state index contributed by atoms with van der Waals surface area (Å²) in [5.74, 6) is 0.726. The van der Waals surface area contributed by atoms with E-state index in [1.807, 2.05) is 42.2 Å². The standard InChI is InChI=1S/C14H16N4O/c1-2-18(11-7-4-3-5-8-11)14-12(13(15)17-19)9-6-10-16-14/h3-10,19H,2H2,1H3,(H2,15,17). The van der Waals surface area contributed by atoms with Gasteiger partial charge in [0, 0.05) is 18.4 Å². The van der Waals surface area contributed by atoms with E-state index >= 15 is 0 Å². The summed E-state index contributed by atoms with van der Waals surface area (Å²) in [5, 5.41) is 11.9. The summed E-state index contributed by atoms with van der Waals surface area (Å²) < 4.78 is 0. The summed E-state index contributed by atoms with van der Waals surface area (Å²) in [7, 11) is 0. The molecule has 0 saturated heterocycles. The van der Waals surface area contributed by atoms with Gasteiger partial charge < -0.3 is 15.8 Å². The fraction of sp³-hybridized carbons (Fsp3) is 0.143. The lowest BCUT2D eigenvalue weighted by molar-refractivity contribution is 0.318. The van der Waals surface area contributed by atoms with Crippen LogP contribution < -0.4 is 10.6 Å². The molecule has 2 rings (SSSR count). The lowest BCUT2D eigenvalue weighted by Gasteiger charge is -2.24. The van der Waals surface area contributed by atoms with E-state index < -0.39 is 0 Å². The molecule has 0 unspecified atom stereocenters. The Morgan fingerprint density at radius 2 is 2.00 bits per heavy atom. The van der Waals surface area contributed by atoms with E-state index in [1.54, 1.807) is 18.3 Å². The van der Waals surface area contributed by atoms with Crippen molar-refractivity contribution < 1.29 is 5.21 Å². The number of benzene rings is 1. The molecule has 3 N–H and O–H groups in total. The highest BCUT2D eigenvalue weighted by Gasteiger charge is 2.15. The molecule has 0 spiro atoms. The normalized spacial score (nSPS) is 11.3. The molecule has 0 amide bonds. The van der Waals surface area contributed by atoms with Crippen LogP contribution in [0.25, 0.3) is 0 Å². The summed E-state index contributed by atoms with van der Waals surface area (Å²) in [6.07, 6.45) is 1.69. The number of hydrogen-bond acceptors (Lipinski definition) is 4. The zero-order chi connectivity index (χ0) is 13.7. The number of aromatic nitrogens is 1. The van der Waals surface area contributed by atoms with Gasteiger partial charge in [-0.2, -0.15) is 0 Å². The van der Waals surface area contributed by atoms with Crippen molar-refractivity contribution in [1.29, 1.82) is 0 Å². The average molecular weight is 256 g/mol. The molecule has 1 aromatic carbocycles. The van der Waals surface area contributed by atoms with Gasteiger partial charge in [0.1, 0.15) is 5.82 Å². The third-order valence-electron chi connectivity index (χ3n) is 2.81. The molecule has 0 bridgehead atoms. The van der Waals surface area contributed by atoms with Crippen LogP contribution in [0.5, 0.6) is 0 Å². The first kappa shape index (κ1) is 12.9. The number of oxime groups is 1. The van der Waals surface area contributed by atoms with E-state index in [4.69, 9.17) is 10.9 Å². The van der Waals surface area contributed by atoms with E-state index in [0.717, 1.165) is 12.2 Å². The summed E-state index contributed by atoms with van der Waals surface area (Å²) >= 11 is 0. The number of nitrogens with zero attached hydrogens (tertiary/aromatic N) is 3. The zero-order valence-electron chi connectivity index (χ0n) is 10.7. The van der Waals surface area contributed by atoms with Crippen molar-refractivity contribution in [3.63, 3.8) is 0 Å². The van der Waals surface area contributed by atoms with E-state index in [2.05, 4.69) is 10.1 Å². The molecule has 0 fully saturated rings. The predicted molar refractivity (Wildman–Crippen MR) is 75.9 cm³/mol. The first-order valence-electron chi connectivity index (χ1n) is 6.03. The van der Waals surface area contributed by atoms with Gasteiger partial charge in [-0.1, -0.05) is 23.4 Å². The van der Waals surface area contributed by atoms with Crippen molar-refractivity contribution in [1.82, 2.24) is 4.98 Å². The van der Waals surface area contributed by atoms with E-state index in [0.29, 0.717) is 11.4 Å². The fourth-order valence-corrected chi connectivity index (χ4v) is 1.93. The molecule has 19 heavy (non-hydrogen) atoms. The molecule has 0 aliphatic rings. The molecule has 0 atom stereocenters. The topological polar surface area (TPSA) is 74.7 Å². The summed E-state index contributed by atoms with van der Waals surface area (Å²) in [5.41, 5.74) is 7.32. The second-order valence-corrected chi connectivity index (χ2v) is 3.94. The monoisotopic (exact) mass is 256 g/mol. The molecule has 2 aromatic rings. The maximum absolute atomic E-state index is 8.85. The molecule has 0 radical (unpaired) electrons. The molecule has 98 valence electrons. The number of nitrogens with two attached hydrogens (primary N) is 1. The van der Waals surface area contributed by atoms with Crippen molar-refractivity contribution in [2.75, 3.05) is 11.4 Å². The van der Waals surface area contributed by atoms with Crippen molar-refractivity contribution in [3.05, 3.63) is 54.2 Å². The number of anilines is 2. The number of para-hydroxylation sites is 1. The molecule has 1 aromatic heterocycles. The van der Waals surface area contributed by atoms with E-state index in [1.165, 1.54) is 0 Å². The van der Waals surface area contributed by atoms with Gasteiger partial charge in [0.2, 0.25) is 0 Å². The summed E-state index contributed by atoms with van der Waals surface area (Å²) in [6.45, 7) is 2.75. The smallest absolute Gasteiger partial charge is 0.173 e. The fourth-order valence-electron chi connectivity index (χ4n) is 1.93. The lowest BCUT2D eigenvalue weighted by Crippen LogP contribution is -2.23. The Morgan fingerprint density at radius 1 is 1.26 bits per heavy atom. The Hall–Kier alpha value is -2.56. The predicted octanol–water partition coefficient (Wildman–Crippen LogP) is 2.33. The van der Waals surface area contributed by atoms with Crippen LogP contribution in [0.4, 0.5) is 11.5 Å². The molecule has 1 heterocycles. The first-order chi connectivity index (χ1) is 9.27. The van der Waals surface area contributed by atoms with Crippen LogP contribution in [0, 0.1) is 0 Å². The van der Waals surface area contributed by atoms with Crippen LogP contribution in [-0.4, -0.2) is 22.6 Å². The van der Waals surface area contributed by atoms with Gasteiger partial charge in [-0.15, -0.1) is 0 Å². The highest BCUT2D eigenvalue weighted by molar-refractivity contribution is 6.02. The molecular weight excluding hydrogens is 240 g/mol. The van der Waals surface area contributed by atoms with Crippen LogP contribution in [0.1, 0.15) is 12.5 Å². The maximum Gasteiger partial charge on any atom is 0.173 e. The minimum atomic E-state index is 0.0532. The maximum atomic E-state index is 8.85. The average Bonchev–Trinajstić information content (AvgIpc) is 2.49. The highest BCUT2D eigenvalue weighted by atomic mass is 16.4. The zero-order valence-corrected chi connectivity index (χ0v) is 10.7. The van der Waals surface area contributed by atoms with Gasteiger partial charge in [0.15, 0.2) is 5.84 Å². The van der Waals surface area contributed by atoms with Crippen LogP contribution in [0.15, 0.2) is 53.8 Å². The third kappa shape index (κ3) is 2.65. The van der Waals surface area contributed by atoms with E-state index in [9.17, 15) is 0 Å². The molecular formula is C14H16N4O. The Bertz CT molecular complexity index is 569. The SMILES string of the molecule is CCN(c1ccccc1)c1ncccc1/C(N)=N/O. The van der Waals surface area contributed by atoms with Crippen LogP contribution >= 0.6 is 0 Å². The van der Waals surface area contributed by atoms with Crippen LogP contribution in [0.3, 0.4) is 0 Å². The van der Waals surface area contributed by atoms with E-state index in [-0.39, 0.29) is 5.84 Å². The largest absolute Gasteiger partial charge is 0.409 e. The second kappa shape index (κ2) is 5.86. The molecule has 0 saturated carbocycles. The molecule has 5 nitrogen and oxygen atoms in total. The Labute approximate surface area is 112 Å². The van der Waals surface area contributed by atoms with Crippen molar-refractivity contribution in [2.45, 2.75) is 6.92 Å². The van der Waals surface area contributed by atoms with Gasteiger partial charge in [-0.05, 0) is 31.2 Å². The minimum Gasteiger partial charge on any atom is -0.409 e. The van der Waals surface area contributed by atoms with Gasteiger partial charge in [-0.3, -0.25) is 0 Å². The Balaban J connectivity index is 2.51. The molecule has 5 heteroatoms. The van der Waals surface area contributed by atoms with Crippen molar-refractivity contribution in [3.8, 4) is 0 Å². The molecule has 0 aliphatic heterocycles. The van der Waals surface area contributed by atoms with Crippen molar-refractivity contribution >= 4 is 17.3 Å². The van der Waals surface area contributed by atoms with Crippen LogP contribution in [0.2, 0.25) is 0 Å². The minimum absolute atomic E-state index is 0.0532. The first-order valence-corrected chi connectivity index (χ1v) is 6.03. The van der Waals surface area contributed by atoms with Gasteiger partial charge in [-0.25, -0.2) is 4.98 Å². The van der Waals surface area contributed by atoms with Gasteiger partial charge in [0.05, 0.1) is 5.56 Å². The van der Waals surface area contributed by atoms with Crippen molar-refractivity contribution in [2.24, 2.45) is 10.9 Å². The number of hydrogen-bond donors (Lipinski definition) is 2. The number of amidine groups is 1. The Kier molecular flexibility index (Phi) is 3.97. The number of pyridine rings is 1. The quantitative estimate of drug-likeness (QED) is 0.381. The number of rotatable bonds is 4. The van der Waals surface area contributed by atoms with Gasteiger partial charge in [0.25, 0.3) is 0 Å². The third-order valence-corrected chi connectivity index (χ3v) is 2.81. The second-order valence-electron chi connectivity index (χ2n) is 3.94. The lowest BCUT2D eigenvalue weighted by atomic mass is 10.2. The highest BCUT2D eigenvalue weighted by Crippen LogP contribution is 2.25. The molecule has 0 aliphatic carbocycles. The Morgan fingerprint density at radius 3 is 2.63 bits per heavy atom. The summed E-state index contributed by atoms with van der Waals surface area (Å²) in [4.78, 5) is 6.36. The summed E-state index contributed by atoms with van der Waals surface area (Å²) in [6, 6.07) is 13.4. The van der Waals surface area contributed by atoms with Gasteiger partial charge >= 0.3 is 0 Å². The van der Waals surface area contributed by atoms with Crippen LogP contribution in [-0.2, 0) is 0 Å².